The number of nitrogens with zero attached hydrogens (tertiary/aromatic N) is 5. The maximum absolute atomic E-state index is 13.4. The van der Waals surface area contributed by atoms with Crippen LogP contribution in [0.5, 0.6) is 0 Å². The van der Waals surface area contributed by atoms with Gasteiger partial charge in [0.1, 0.15) is 6.54 Å². The van der Waals surface area contributed by atoms with Gasteiger partial charge >= 0.3 is 6.18 Å². The number of benzene rings is 1. The van der Waals surface area contributed by atoms with Crippen molar-refractivity contribution in [1.29, 1.82) is 0 Å². The van der Waals surface area contributed by atoms with Gasteiger partial charge in [-0.15, -0.1) is 10.2 Å². The Hall–Kier alpha value is -4.88. The fourth-order valence-electron chi connectivity index (χ4n) is 4.15. The molecule has 42 heavy (non-hydrogen) atoms. The summed E-state index contributed by atoms with van der Waals surface area (Å²) in [5, 5.41) is 10.4. The topological polar surface area (TPSA) is 159 Å². The van der Waals surface area contributed by atoms with Crippen molar-refractivity contribution in [2.45, 2.75) is 51.9 Å². The summed E-state index contributed by atoms with van der Waals surface area (Å²) in [4.78, 5) is 47.1. The molecule has 0 radical (unpaired) electrons. The first-order valence-electron chi connectivity index (χ1n) is 12.8. The summed E-state index contributed by atoms with van der Waals surface area (Å²) in [5.74, 6) is -2.51. The number of anilines is 1. The van der Waals surface area contributed by atoms with E-state index < -0.39 is 58.8 Å². The third-order valence-electron chi connectivity index (χ3n) is 6.62. The molecule has 3 N–H and O–H groups in total. The second-order valence-corrected chi connectivity index (χ2v) is 10.4. The molecule has 0 spiro atoms. The monoisotopic (exact) mass is 583 g/mol. The van der Waals surface area contributed by atoms with Crippen LogP contribution in [0.15, 0.2) is 64.1 Å². The van der Waals surface area contributed by atoms with Gasteiger partial charge in [-0.25, -0.2) is 4.98 Å². The lowest BCUT2D eigenvalue weighted by atomic mass is 9.88. The second-order valence-electron chi connectivity index (χ2n) is 10.4. The van der Waals surface area contributed by atoms with E-state index in [1.165, 1.54) is 16.8 Å². The first-order chi connectivity index (χ1) is 19.7. The van der Waals surface area contributed by atoms with E-state index >= 15 is 0 Å². The lowest BCUT2D eigenvalue weighted by molar-refractivity contribution is -0.137. The molecular formula is C28H28F3N7O4. The summed E-state index contributed by atoms with van der Waals surface area (Å²) in [6.45, 7) is 6.15. The number of carbonyl (C=O) groups is 2. The van der Waals surface area contributed by atoms with Gasteiger partial charge in [0.25, 0.3) is 11.4 Å². The van der Waals surface area contributed by atoms with Crippen LogP contribution in [-0.4, -0.2) is 42.5 Å². The van der Waals surface area contributed by atoms with E-state index in [4.69, 9.17) is 10.2 Å². The van der Waals surface area contributed by atoms with E-state index in [1.807, 2.05) is 0 Å². The lowest BCUT2D eigenvalue weighted by Gasteiger charge is -2.21. The van der Waals surface area contributed by atoms with Crippen molar-refractivity contribution in [3.63, 3.8) is 0 Å². The maximum atomic E-state index is 13.4. The number of carbonyl (C=O) groups excluding carboxylic acids is 2. The molecule has 0 aliphatic heterocycles. The zero-order chi connectivity index (χ0) is 30.8. The standard InChI is InChI=1S/C28H28F3N7O4/c1-15(2)21(35-20(39)14-38-18(13-34-23(32)25(38)41)16-8-6-5-7-9-16)22(40)24-36-37-26(42-24)27(3,4)19-11-10-17(12-33-19)28(29,30)31/h5-13,15,21H,14H2,1-4H3,(H2,32,34)(H,35,39). The van der Waals surface area contributed by atoms with Crippen molar-refractivity contribution in [2.75, 3.05) is 5.73 Å². The average molecular weight is 584 g/mol. The molecule has 0 aliphatic carbocycles. The highest BCUT2D eigenvalue weighted by atomic mass is 19.4. The van der Waals surface area contributed by atoms with Gasteiger partial charge < -0.3 is 15.5 Å². The number of hydrogen-bond donors (Lipinski definition) is 2. The fourth-order valence-corrected chi connectivity index (χ4v) is 4.15. The van der Waals surface area contributed by atoms with Gasteiger partial charge in [0.15, 0.2) is 5.82 Å². The number of rotatable bonds is 9. The van der Waals surface area contributed by atoms with Gasteiger partial charge in [0.2, 0.25) is 17.6 Å². The molecule has 14 heteroatoms. The molecule has 220 valence electrons. The molecule has 11 nitrogen and oxygen atoms in total. The van der Waals surface area contributed by atoms with Crippen LogP contribution < -0.4 is 16.6 Å². The van der Waals surface area contributed by atoms with E-state index in [9.17, 15) is 27.6 Å². The van der Waals surface area contributed by atoms with E-state index in [2.05, 4.69) is 25.5 Å². The number of Topliss-reactive ketones (excluding diaryl/α,β-unsaturated/α-hetero) is 1. The van der Waals surface area contributed by atoms with E-state index in [0.717, 1.165) is 6.07 Å². The minimum absolute atomic E-state index is 0.0572. The highest BCUT2D eigenvalue weighted by molar-refractivity contribution is 5.98. The number of nitrogen functional groups attached to an aromatic ring is 1. The van der Waals surface area contributed by atoms with Crippen molar-refractivity contribution >= 4 is 17.5 Å². The summed E-state index contributed by atoms with van der Waals surface area (Å²) in [5.41, 5.74) is 4.20. The van der Waals surface area contributed by atoms with Crippen LogP contribution in [0, 0.1) is 5.92 Å². The molecule has 0 saturated carbocycles. The summed E-state index contributed by atoms with van der Waals surface area (Å²) in [6.07, 6.45) is -2.45. The highest BCUT2D eigenvalue weighted by Crippen LogP contribution is 2.33. The van der Waals surface area contributed by atoms with Crippen LogP contribution in [0.3, 0.4) is 0 Å². The number of alkyl halides is 3. The molecule has 4 rings (SSSR count). The van der Waals surface area contributed by atoms with Gasteiger partial charge in [0, 0.05) is 6.20 Å². The molecule has 0 saturated heterocycles. The van der Waals surface area contributed by atoms with Crippen LogP contribution in [0.4, 0.5) is 19.0 Å². The first kappa shape index (κ1) is 30.1. The molecule has 4 aromatic rings. The van der Waals surface area contributed by atoms with Crippen LogP contribution in [0.1, 0.15) is 55.5 Å². The molecule has 0 bridgehead atoms. The SMILES string of the molecule is CC(C)C(NC(=O)Cn1c(-c2ccccc2)cnc(N)c1=O)C(=O)c1nnc(C(C)(C)c2ccc(C(F)(F)F)cn2)o1. The predicted octanol–water partition coefficient (Wildman–Crippen LogP) is 3.64. The Morgan fingerprint density at radius 2 is 1.71 bits per heavy atom. The lowest BCUT2D eigenvalue weighted by Crippen LogP contribution is -2.46. The molecule has 3 heterocycles. The summed E-state index contributed by atoms with van der Waals surface area (Å²) in [6, 6.07) is 9.81. The predicted molar refractivity (Wildman–Crippen MR) is 145 cm³/mol. The molecule has 0 aliphatic rings. The van der Waals surface area contributed by atoms with Gasteiger partial charge in [-0.1, -0.05) is 44.2 Å². The molecule has 1 unspecified atom stereocenters. The second kappa shape index (κ2) is 11.5. The molecule has 1 aromatic carbocycles. The van der Waals surface area contributed by atoms with Crippen LogP contribution in [-0.2, 0) is 22.9 Å². The van der Waals surface area contributed by atoms with E-state index in [1.54, 1.807) is 58.0 Å². The minimum atomic E-state index is -4.54. The van der Waals surface area contributed by atoms with Crippen LogP contribution in [0.25, 0.3) is 11.3 Å². The number of amides is 1. The Morgan fingerprint density at radius 3 is 2.31 bits per heavy atom. The molecule has 0 fully saturated rings. The van der Waals surface area contributed by atoms with Crippen molar-refractivity contribution in [2.24, 2.45) is 5.92 Å². The molecule has 1 amide bonds. The number of nitrogens with two attached hydrogens (primary N) is 1. The average Bonchev–Trinajstić information content (AvgIpc) is 3.45. The zero-order valence-corrected chi connectivity index (χ0v) is 23.1. The molecule has 1 atom stereocenters. The van der Waals surface area contributed by atoms with Gasteiger partial charge in [-0.05, 0) is 37.5 Å². The third-order valence-corrected chi connectivity index (χ3v) is 6.62. The van der Waals surface area contributed by atoms with Gasteiger partial charge in [-0.3, -0.25) is 23.9 Å². The first-order valence-corrected chi connectivity index (χ1v) is 12.8. The van der Waals surface area contributed by atoms with Crippen molar-refractivity contribution < 1.29 is 27.2 Å². The number of hydrogen-bond acceptors (Lipinski definition) is 9. The smallest absolute Gasteiger partial charge is 0.417 e. The third kappa shape index (κ3) is 6.21. The Labute approximate surface area is 238 Å². The normalized spacial score (nSPS) is 12.8. The number of pyridine rings is 1. The summed E-state index contributed by atoms with van der Waals surface area (Å²) < 4.78 is 45.6. The largest absolute Gasteiger partial charge is 0.417 e. The Bertz CT molecular complexity index is 1650. The Morgan fingerprint density at radius 1 is 1.02 bits per heavy atom. The quantitative estimate of drug-likeness (QED) is 0.281. The molecule has 3 aromatic heterocycles. The van der Waals surface area contributed by atoms with Crippen LogP contribution >= 0.6 is 0 Å². The number of ketones is 1. The Balaban J connectivity index is 1.55. The number of halogens is 3. The van der Waals surface area contributed by atoms with Crippen molar-refractivity contribution in [3.8, 4) is 11.3 Å². The van der Waals surface area contributed by atoms with Crippen LogP contribution in [0.2, 0.25) is 0 Å². The Kier molecular flexibility index (Phi) is 8.27. The number of aromatic nitrogens is 5. The number of nitrogens with one attached hydrogen (secondary N) is 1. The molecular weight excluding hydrogens is 555 g/mol. The van der Waals surface area contributed by atoms with Gasteiger partial charge in [-0.2, -0.15) is 13.2 Å². The van der Waals surface area contributed by atoms with Crippen molar-refractivity contribution in [3.05, 3.63) is 88.3 Å². The zero-order valence-electron chi connectivity index (χ0n) is 23.1. The van der Waals surface area contributed by atoms with Crippen molar-refractivity contribution in [1.82, 2.24) is 30.0 Å². The minimum Gasteiger partial charge on any atom is -0.417 e. The van der Waals surface area contributed by atoms with E-state index in [0.29, 0.717) is 17.5 Å². The fraction of sp³-hybridized carbons (Fsp3) is 0.321. The summed E-state index contributed by atoms with van der Waals surface area (Å²) >= 11 is 0. The summed E-state index contributed by atoms with van der Waals surface area (Å²) in [7, 11) is 0. The van der Waals surface area contributed by atoms with Gasteiger partial charge in [0.05, 0.1) is 34.6 Å². The maximum Gasteiger partial charge on any atom is 0.417 e. The van der Waals surface area contributed by atoms with E-state index in [-0.39, 0.29) is 17.4 Å². The highest BCUT2D eigenvalue weighted by Gasteiger charge is 2.36.